The molecule has 0 aliphatic heterocycles. The highest BCUT2D eigenvalue weighted by molar-refractivity contribution is 7.21. The summed E-state index contributed by atoms with van der Waals surface area (Å²) in [6, 6.07) is 11.6. The van der Waals surface area contributed by atoms with Crippen LogP contribution in [0.15, 0.2) is 47.6 Å². The molecular formula is C17H12ClN3O3S. The molecular weight excluding hydrogens is 362 g/mol. The molecule has 8 heteroatoms. The van der Waals surface area contributed by atoms with Gasteiger partial charge in [-0.3, -0.25) is 14.9 Å². The zero-order valence-corrected chi connectivity index (χ0v) is 14.6. The van der Waals surface area contributed by atoms with E-state index < -0.39 is 10.8 Å². The second kappa shape index (κ2) is 7.00. The summed E-state index contributed by atoms with van der Waals surface area (Å²) < 4.78 is 0.939. The third-order valence-electron chi connectivity index (χ3n) is 3.47. The minimum absolute atomic E-state index is 0.00598. The smallest absolute Gasteiger partial charge is 0.266 e. The van der Waals surface area contributed by atoms with E-state index >= 15 is 0 Å². The monoisotopic (exact) mass is 373 g/mol. The van der Waals surface area contributed by atoms with Crippen molar-refractivity contribution >= 4 is 50.8 Å². The first kappa shape index (κ1) is 17.1. The fourth-order valence-electron chi connectivity index (χ4n) is 2.22. The van der Waals surface area contributed by atoms with Gasteiger partial charge in [0.05, 0.1) is 16.2 Å². The number of non-ortho nitro benzene ring substituents is 1. The van der Waals surface area contributed by atoms with Crippen LogP contribution in [0.4, 0.5) is 5.69 Å². The Morgan fingerprint density at radius 2 is 2.00 bits per heavy atom. The molecule has 0 unspecified atom stereocenters. The van der Waals surface area contributed by atoms with Crippen LogP contribution in [0.25, 0.3) is 10.1 Å². The molecule has 6 nitrogen and oxygen atoms in total. The van der Waals surface area contributed by atoms with Crippen LogP contribution in [-0.2, 0) is 0 Å². The molecule has 3 rings (SSSR count). The third kappa shape index (κ3) is 3.67. The molecule has 0 bridgehead atoms. The first-order valence-corrected chi connectivity index (χ1v) is 8.41. The SMILES string of the molecule is Cc1ccc2c(Cl)c(C(=O)N/N=C/c3ccc([N+](=O)[O-])cc3)sc2c1. The second-order valence-corrected chi connectivity index (χ2v) is 6.72. The van der Waals surface area contributed by atoms with Crippen LogP contribution in [0, 0.1) is 17.0 Å². The Balaban J connectivity index is 1.74. The van der Waals surface area contributed by atoms with Crippen molar-refractivity contribution in [1.82, 2.24) is 5.43 Å². The lowest BCUT2D eigenvalue weighted by molar-refractivity contribution is -0.384. The first-order chi connectivity index (χ1) is 12.0. The molecule has 0 atom stereocenters. The van der Waals surface area contributed by atoms with E-state index in [1.807, 2.05) is 25.1 Å². The normalized spacial score (nSPS) is 11.1. The molecule has 0 fully saturated rings. The summed E-state index contributed by atoms with van der Waals surface area (Å²) >= 11 is 7.59. The molecule has 1 N–H and O–H groups in total. The van der Waals surface area contributed by atoms with Gasteiger partial charge in [0.2, 0.25) is 0 Å². The van der Waals surface area contributed by atoms with Crippen LogP contribution in [-0.4, -0.2) is 17.0 Å². The highest BCUT2D eigenvalue weighted by Crippen LogP contribution is 2.35. The van der Waals surface area contributed by atoms with Gasteiger partial charge in [0.1, 0.15) is 4.88 Å². The van der Waals surface area contributed by atoms with Crippen molar-refractivity contribution in [1.29, 1.82) is 0 Å². The van der Waals surface area contributed by atoms with Crippen LogP contribution >= 0.6 is 22.9 Å². The lowest BCUT2D eigenvalue weighted by Gasteiger charge is -1.97. The minimum atomic E-state index is -0.478. The van der Waals surface area contributed by atoms with E-state index in [0.29, 0.717) is 15.5 Å². The molecule has 126 valence electrons. The lowest BCUT2D eigenvalue weighted by Crippen LogP contribution is -2.16. The molecule has 0 spiro atoms. The van der Waals surface area contributed by atoms with Crippen molar-refractivity contribution in [2.45, 2.75) is 6.92 Å². The number of hydrogen-bond acceptors (Lipinski definition) is 5. The Hall–Kier alpha value is -2.77. The fourth-order valence-corrected chi connectivity index (χ4v) is 3.72. The number of fused-ring (bicyclic) bond motifs is 1. The zero-order chi connectivity index (χ0) is 18.0. The van der Waals surface area contributed by atoms with Crippen molar-refractivity contribution in [2.75, 3.05) is 0 Å². The summed E-state index contributed by atoms with van der Waals surface area (Å²) in [7, 11) is 0. The van der Waals surface area contributed by atoms with Gasteiger partial charge in [-0.2, -0.15) is 5.10 Å². The molecule has 0 saturated carbocycles. The van der Waals surface area contributed by atoms with Gasteiger partial charge in [-0.05, 0) is 36.2 Å². The summed E-state index contributed by atoms with van der Waals surface area (Å²) in [6.45, 7) is 1.97. The van der Waals surface area contributed by atoms with Crippen LogP contribution in [0.3, 0.4) is 0 Å². The van der Waals surface area contributed by atoms with E-state index in [2.05, 4.69) is 10.5 Å². The number of aryl methyl sites for hydroxylation is 1. The lowest BCUT2D eigenvalue weighted by atomic mass is 10.2. The topological polar surface area (TPSA) is 84.6 Å². The largest absolute Gasteiger partial charge is 0.283 e. The Morgan fingerprint density at radius 1 is 1.28 bits per heavy atom. The number of benzene rings is 2. The predicted molar refractivity (Wildman–Crippen MR) is 99.7 cm³/mol. The molecule has 1 aromatic heterocycles. The maximum atomic E-state index is 12.3. The average Bonchev–Trinajstić information content (AvgIpc) is 2.91. The van der Waals surface area contributed by atoms with Crippen LogP contribution in [0.1, 0.15) is 20.8 Å². The van der Waals surface area contributed by atoms with Crippen LogP contribution < -0.4 is 5.43 Å². The summed E-state index contributed by atoms with van der Waals surface area (Å²) in [4.78, 5) is 22.8. The van der Waals surface area contributed by atoms with Gasteiger partial charge < -0.3 is 0 Å². The van der Waals surface area contributed by atoms with Crippen molar-refractivity contribution in [3.8, 4) is 0 Å². The molecule has 3 aromatic rings. The van der Waals surface area contributed by atoms with Gasteiger partial charge in [-0.15, -0.1) is 11.3 Å². The van der Waals surface area contributed by atoms with E-state index in [-0.39, 0.29) is 5.69 Å². The third-order valence-corrected chi connectivity index (χ3v) is 5.13. The maximum Gasteiger partial charge on any atom is 0.283 e. The number of amides is 1. The molecule has 2 aromatic carbocycles. The number of nitrogens with zero attached hydrogens (tertiary/aromatic N) is 2. The van der Waals surface area contributed by atoms with Crippen molar-refractivity contribution in [3.05, 3.63) is 73.6 Å². The van der Waals surface area contributed by atoms with Gasteiger partial charge in [-0.1, -0.05) is 23.7 Å². The molecule has 0 saturated heterocycles. The van der Waals surface area contributed by atoms with Crippen LogP contribution in [0.2, 0.25) is 5.02 Å². The number of thiophene rings is 1. The molecule has 25 heavy (non-hydrogen) atoms. The number of nitro groups is 1. The summed E-state index contributed by atoms with van der Waals surface area (Å²) in [5.74, 6) is -0.401. The molecule has 0 radical (unpaired) electrons. The van der Waals surface area contributed by atoms with Crippen molar-refractivity contribution in [2.24, 2.45) is 5.10 Å². The fraction of sp³-hybridized carbons (Fsp3) is 0.0588. The Labute approximate surface area is 151 Å². The molecule has 0 aliphatic carbocycles. The predicted octanol–water partition coefficient (Wildman–Crippen LogP) is 4.54. The minimum Gasteiger partial charge on any atom is -0.266 e. The second-order valence-electron chi connectivity index (χ2n) is 5.29. The van der Waals surface area contributed by atoms with E-state index in [1.165, 1.54) is 29.7 Å². The summed E-state index contributed by atoms with van der Waals surface area (Å²) in [5.41, 5.74) is 4.14. The Kier molecular flexibility index (Phi) is 4.78. The number of nitro benzene ring substituents is 1. The van der Waals surface area contributed by atoms with E-state index in [0.717, 1.165) is 15.6 Å². The quantitative estimate of drug-likeness (QED) is 0.414. The number of rotatable bonds is 4. The van der Waals surface area contributed by atoms with Crippen LogP contribution in [0.5, 0.6) is 0 Å². The van der Waals surface area contributed by atoms with Gasteiger partial charge in [0, 0.05) is 22.2 Å². The molecule has 0 aliphatic rings. The summed E-state index contributed by atoms with van der Waals surface area (Å²) in [5, 5.41) is 15.7. The van der Waals surface area contributed by atoms with Crippen molar-refractivity contribution < 1.29 is 9.72 Å². The van der Waals surface area contributed by atoms with Gasteiger partial charge >= 0.3 is 0 Å². The van der Waals surface area contributed by atoms with Crippen molar-refractivity contribution in [3.63, 3.8) is 0 Å². The number of hydrazone groups is 1. The van der Waals surface area contributed by atoms with Gasteiger partial charge in [0.15, 0.2) is 0 Å². The van der Waals surface area contributed by atoms with E-state index in [9.17, 15) is 14.9 Å². The summed E-state index contributed by atoms with van der Waals surface area (Å²) in [6.07, 6.45) is 1.41. The Bertz CT molecular complexity index is 996. The van der Waals surface area contributed by atoms with Gasteiger partial charge in [0.25, 0.3) is 11.6 Å². The first-order valence-electron chi connectivity index (χ1n) is 7.22. The van der Waals surface area contributed by atoms with E-state index in [1.54, 1.807) is 12.1 Å². The number of nitrogens with one attached hydrogen (secondary N) is 1. The zero-order valence-electron chi connectivity index (χ0n) is 13.0. The Morgan fingerprint density at radius 3 is 2.68 bits per heavy atom. The number of hydrogen-bond donors (Lipinski definition) is 1. The molecule has 1 amide bonds. The van der Waals surface area contributed by atoms with Gasteiger partial charge in [-0.25, -0.2) is 5.43 Å². The van der Waals surface area contributed by atoms with E-state index in [4.69, 9.17) is 11.6 Å². The number of carbonyl (C=O) groups is 1. The number of halogens is 1. The highest BCUT2D eigenvalue weighted by Gasteiger charge is 2.16. The number of carbonyl (C=O) groups excluding carboxylic acids is 1. The standard InChI is InChI=1S/C17H12ClN3O3S/c1-10-2-7-13-14(8-10)25-16(15(13)18)17(22)20-19-9-11-3-5-12(6-4-11)21(23)24/h2-9H,1H3,(H,20,22)/b19-9+. The average molecular weight is 374 g/mol. The molecule has 1 heterocycles. The maximum absolute atomic E-state index is 12.3. The highest BCUT2D eigenvalue weighted by atomic mass is 35.5.